The molecule has 0 fully saturated rings. The van der Waals surface area contributed by atoms with Crippen LogP contribution in [0.2, 0.25) is 0 Å². The van der Waals surface area contributed by atoms with Gasteiger partial charge in [-0.15, -0.1) is 0 Å². The van der Waals surface area contributed by atoms with E-state index in [1.165, 1.54) is 0 Å². The molecule has 22 heavy (non-hydrogen) atoms. The molecule has 3 amide bonds. The number of hydrogen-bond acceptors (Lipinski definition) is 4. The number of anilines is 1. The Bertz CT molecular complexity index is 705. The fourth-order valence-corrected chi connectivity index (χ4v) is 2.21. The highest BCUT2D eigenvalue weighted by Crippen LogP contribution is 2.23. The highest BCUT2D eigenvalue weighted by atomic mass is 16.5. The lowest BCUT2D eigenvalue weighted by Crippen LogP contribution is -2.33. The summed E-state index contributed by atoms with van der Waals surface area (Å²) in [5.41, 5.74) is 1.41. The number of carbonyl (C=O) groups is 3. The van der Waals surface area contributed by atoms with E-state index >= 15 is 0 Å². The number of nitrogens with one attached hydrogen (secondary N) is 1. The Labute approximate surface area is 126 Å². The molecule has 2 aromatic rings. The van der Waals surface area contributed by atoms with Gasteiger partial charge in [-0.25, -0.2) is 4.90 Å². The molecular formula is C16H12N2O4. The molecule has 1 aliphatic rings. The summed E-state index contributed by atoms with van der Waals surface area (Å²) in [6.07, 6.45) is 0.578. The molecule has 0 atom stereocenters. The molecule has 0 bridgehead atoms. The Hall–Kier alpha value is -3.15. The van der Waals surface area contributed by atoms with E-state index in [0.717, 1.165) is 4.90 Å². The first-order valence-electron chi connectivity index (χ1n) is 6.59. The van der Waals surface area contributed by atoms with Crippen molar-refractivity contribution < 1.29 is 19.1 Å². The summed E-state index contributed by atoms with van der Waals surface area (Å²) in [5, 5.41) is 2.50. The number of imide groups is 1. The second-order valence-electron chi connectivity index (χ2n) is 4.64. The van der Waals surface area contributed by atoms with Crippen LogP contribution in [-0.2, 0) is 4.79 Å². The molecule has 0 saturated heterocycles. The van der Waals surface area contributed by atoms with Gasteiger partial charge < -0.3 is 10.1 Å². The van der Waals surface area contributed by atoms with Crippen LogP contribution in [0.25, 0.3) is 0 Å². The minimum absolute atomic E-state index is 0.160. The molecule has 0 aliphatic carbocycles. The second-order valence-corrected chi connectivity index (χ2v) is 4.64. The average molecular weight is 296 g/mol. The maximum Gasteiger partial charge on any atom is 0.264 e. The largest absolute Gasteiger partial charge is 0.473 e. The molecule has 0 radical (unpaired) electrons. The molecule has 0 unspecified atom stereocenters. The third-order valence-corrected chi connectivity index (χ3v) is 3.32. The molecule has 0 spiro atoms. The maximum atomic E-state index is 12.1. The Balaban J connectivity index is 1.69. The van der Waals surface area contributed by atoms with Crippen molar-refractivity contribution >= 4 is 23.9 Å². The first-order valence-corrected chi connectivity index (χ1v) is 6.59. The van der Waals surface area contributed by atoms with Gasteiger partial charge in [-0.3, -0.25) is 14.4 Å². The van der Waals surface area contributed by atoms with E-state index in [1.807, 2.05) is 0 Å². The summed E-state index contributed by atoms with van der Waals surface area (Å²) < 4.78 is 5.46. The van der Waals surface area contributed by atoms with Crippen molar-refractivity contribution in [2.24, 2.45) is 0 Å². The van der Waals surface area contributed by atoms with Crippen molar-refractivity contribution in [2.45, 2.75) is 0 Å². The lowest BCUT2D eigenvalue weighted by molar-refractivity contribution is -0.105. The number of nitrogens with zero attached hydrogens (tertiary/aromatic N) is 1. The molecule has 6 heteroatoms. The Kier molecular flexibility index (Phi) is 3.57. The van der Waals surface area contributed by atoms with E-state index in [-0.39, 0.29) is 18.5 Å². The Morgan fingerprint density at radius 1 is 0.955 bits per heavy atom. The highest BCUT2D eigenvalue weighted by molar-refractivity contribution is 6.21. The fourth-order valence-electron chi connectivity index (χ4n) is 2.21. The van der Waals surface area contributed by atoms with Crippen LogP contribution >= 0.6 is 0 Å². The smallest absolute Gasteiger partial charge is 0.264 e. The van der Waals surface area contributed by atoms with Gasteiger partial charge in [-0.05, 0) is 36.4 Å². The predicted octanol–water partition coefficient (Wildman–Crippen LogP) is 1.89. The normalized spacial score (nSPS) is 13.0. The highest BCUT2D eigenvalue weighted by Gasteiger charge is 2.35. The number of hydrogen-bond donors (Lipinski definition) is 1. The zero-order valence-corrected chi connectivity index (χ0v) is 11.5. The molecule has 2 aromatic carbocycles. The Morgan fingerprint density at radius 3 is 2.09 bits per heavy atom. The van der Waals surface area contributed by atoms with Crippen molar-refractivity contribution in [3.05, 3.63) is 59.7 Å². The van der Waals surface area contributed by atoms with E-state index in [0.29, 0.717) is 29.0 Å². The first-order chi connectivity index (χ1) is 10.7. The minimum atomic E-state index is -0.361. The summed E-state index contributed by atoms with van der Waals surface area (Å²) in [4.78, 5) is 35.7. The van der Waals surface area contributed by atoms with Crippen molar-refractivity contribution in [3.63, 3.8) is 0 Å². The van der Waals surface area contributed by atoms with E-state index in [4.69, 9.17) is 4.74 Å². The molecule has 0 saturated carbocycles. The van der Waals surface area contributed by atoms with Gasteiger partial charge in [0.1, 0.15) is 5.75 Å². The quantitative estimate of drug-likeness (QED) is 0.675. The standard InChI is InChI=1S/C16H12N2O4/c19-9-17-11-5-7-12(8-6-11)22-10-18-15(20)13-3-1-2-4-14(13)16(18)21/h1-9H,10H2,(H,17,19). The predicted molar refractivity (Wildman–Crippen MR) is 78.6 cm³/mol. The van der Waals surface area contributed by atoms with Gasteiger partial charge in [0, 0.05) is 5.69 Å². The van der Waals surface area contributed by atoms with Gasteiger partial charge in [0.15, 0.2) is 6.73 Å². The van der Waals surface area contributed by atoms with Gasteiger partial charge in [0.05, 0.1) is 11.1 Å². The molecule has 1 N–H and O–H groups in total. The zero-order valence-electron chi connectivity index (χ0n) is 11.5. The molecule has 6 nitrogen and oxygen atoms in total. The van der Waals surface area contributed by atoms with Crippen LogP contribution in [0.1, 0.15) is 20.7 Å². The van der Waals surface area contributed by atoms with Crippen molar-refractivity contribution in [1.82, 2.24) is 4.90 Å². The van der Waals surface area contributed by atoms with E-state index < -0.39 is 0 Å². The third-order valence-electron chi connectivity index (χ3n) is 3.32. The number of rotatable bonds is 5. The number of benzene rings is 2. The lowest BCUT2D eigenvalue weighted by atomic mass is 10.1. The van der Waals surface area contributed by atoms with Gasteiger partial charge in [0.25, 0.3) is 11.8 Å². The molecule has 1 aliphatic heterocycles. The van der Waals surface area contributed by atoms with Crippen LogP contribution in [0.5, 0.6) is 5.75 Å². The topological polar surface area (TPSA) is 75.7 Å². The molecule has 3 rings (SSSR count). The van der Waals surface area contributed by atoms with E-state index in [1.54, 1.807) is 48.5 Å². The van der Waals surface area contributed by atoms with E-state index in [9.17, 15) is 14.4 Å². The molecule has 0 aromatic heterocycles. The second kappa shape index (κ2) is 5.69. The van der Waals surface area contributed by atoms with Crippen LogP contribution in [0.3, 0.4) is 0 Å². The van der Waals surface area contributed by atoms with Crippen LogP contribution in [0.4, 0.5) is 5.69 Å². The third kappa shape index (κ3) is 2.42. The number of fused-ring (bicyclic) bond motifs is 1. The number of ether oxygens (including phenoxy) is 1. The van der Waals surface area contributed by atoms with Crippen LogP contribution in [0, 0.1) is 0 Å². The minimum Gasteiger partial charge on any atom is -0.473 e. The van der Waals surface area contributed by atoms with E-state index in [2.05, 4.69) is 5.32 Å². The van der Waals surface area contributed by atoms with Gasteiger partial charge in [-0.1, -0.05) is 12.1 Å². The van der Waals surface area contributed by atoms with Crippen molar-refractivity contribution in [1.29, 1.82) is 0 Å². The Morgan fingerprint density at radius 2 is 1.55 bits per heavy atom. The molecule has 110 valence electrons. The first kappa shape index (κ1) is 13.8. The van der Waals surface area contributed by atoms with Crippen molar-refractivity contribution in [3.8, 4) is 5.75 Å². The monoisotopic (exact) mass is 296 g/mol. The summed E-state index contributed by atoms with van der Waals surface area (Å²) in [6.45, 7) is -0.160. The fraction of sp³-hybridized carbons (Fsp3) is 0.0625. The summed E-state index contributed by atoms with van der Waals surface area (Å²) in [6, 6.07) is 13.3. The SMILES string of the molecule is O=CNc1ccc(OCN2C(=O)c3ccccc3C2=O)cc1. The van der Waals surface area contributed by atoms with Gasteiger partial charge in [-0.2, -0.15) is 0 Å². The maximum absolute atomic E-state index is 12.1. The number of carbonyl (C=O) groups excluding carboxylic acids is 3. The lowest BCUT2D eigenvalue weighted by Gasteiger charge is -2.15. The zero-order chi connectivity index (χ0) is 15.5. The summed E-state index contributed by atoms with van der Waals surface area (Å²) >= 11 is 0. The van der Waals surface area contributed by atoms with Gasteiger partial charge in [0.2, 0.25) is 6.41 Å². The summed E-state index contributed by atoms with van der Waals surface area (Å²) in [5.74, 6) is -0.229. The van der Waals surface area contributed by atoms with Crippen LogP contribution in [-0.4, -0.2) is 29.9 Å². The summed E-state index contributed by atoms with van der Waals surface area (Å²) in [7, 11) is 0. The van der Waals surface area contributed by atoms with Crippen LogP contribution < -0.4 is 10.1 Å². The van der Waals surface area contributed by atoms with Gasteiger partial charge >= 0.3 is 0 Å². The average Bonchev–Trinajstić information content (AvgIpc) is 2.79. The van der Waals surface area contributed by atoms with Crippen molar-refractivity contribution in [2.75, 3.05) is 12.0 Å². The molecule has 1 heterocycles. The van der Waals surface area contributed by atoms with Crippen LogP contribution in [0.15, 0.2) is 48.5 Å². The number of amides is 3. The molecular weight excluding hydrogens is 284 g/mol.